The van der Waals surface area contributed by atoms with Crippen LogP contribution in [-0.4, -0.2) is 21.6 Å². The zero-order valence-corrected chi connectivity index (χ0v) is 14.7. The van der Waals surface area contributed by atoms with Gasteiger partial charge in [-0.05, 0) is 87.5 Å². The molecule has 0 radical (unpaired) electrons. The molecular formula is C21H29NO2. The summed E-state index contributed by atoms with van der Waals surface area (Å²) in [5, 5.41) is 23.7. The van der Waals surface area contributed by atoms with Gasteiger partial charge in [-0.25, -0.2) is 0 Å². The molecular weight excluding hydrogens is 298 g/mol. The summed E-state index contributed by atoms with van der Waals surface area (Å²) in [6, 6.07) is 0. The Balaban J connectivity index is 1.65. The maximum absolute atomic E-state index is 11.1. The van der Waals surface area contributed by atoms with Gasteiger partial charge in [0.25, 0.3) is 0 Å². The number of terminal acetylenes is 1. The van der Waals surface area contributed by atoms with Gasteiger partial charge in [-0.1, -0.05) is 23.6 Å². The molecule has 3 nitrogen and oxygen atoms in total. The summed E-state index contributed by atoms with van der Waals surface area (Å²) >= 11 is 0. The maximum atomic E-state index is 11.1. The average Bonchev–Trinajstić information content (AvgIpc) is 2.94. The Labute approximate surface area is 145 Å². The third-order valence-electron chi connectivity index (χ3n) is 8.16. The number of aliphatic hydroxyl groups is 1. The number of rotatable bonds is 1. The highest BCUT2D eigenvalue weighted by molar-refractivity contribution is 5.96. The van der Waals surface area contributed by atoms with E-state index < -0.39 is 5.60 Å². The van der Waals surface area contributed by atoms with Gasteiger partial charge in [0, 0.05) is 5.41 Å². The zero-order chi connectivity index (χ0) is 16.9. The van der Waals surface area contributed by atoms with Crippen LogP contribution in [0.15, 0.2) is 16.8 Å². The molecule has 6 atom stereocenters. The SMILES string of the molecule is C#C[C@]1(O)CCC2C3CCC4=C/C(=N/O)CCC4C3CC[C@@]21CC. The van der Waals surface area contributed by atoms with E-state index in [4.69, 9.17) is 11.6 Å². The van der Waals surface area contributed by atoms with Crippen LogP contribution in [0.1, 0.15) is 64.7 Å². The van der Waals surface area contributed by atoms with Gasteiger partial charge in [-0.3, -0.25) is 0 Å². The minimum atomic E-state index is -0.892. The van der Waals surface area contributed by atoms with Crippen molar-refractivity contribution in [3.05, 3.63) is 11.6 Å². The fraction of sp³-hybridized carbons (Fsp3) is 0.762. The molecule has 0 saturated heterocycles. The number of nitrogens with zero attached hydrogens (tertiary/aromatic N) is 1. The van der Waals surface area contributed by atoms with Gasteiger partial charge in [0.15, 0.2) is 0 Å². The van der Waals surface area contributed by atoms with E-state index in [-0.39, 0.29) is 5.41 Å². The van der Waals surface area contributed by atoms with Gasteiger partial charge < -0.3 is 10.3 Å². The van der Waals surface area contributed by atoms with Crippen molar-refractivity contribution in [2.45, 2.75) is 70.3 Å². The van der Waals surface area contributed by atoms with Crippen LogP contribution < -0.4 is 0 Å². The molecule has 0 aromatic heterocycles. The topological polar surface area (TPSA) is 52.8 Å². The molecule has 3 saturated carbocycles. The van der Waals surface area contributed by atoms with Crippen LogP contribution in [0.4, 0.5) is 0 Å². The highest BCUT2D eigenvalue weighted by atomic mass is 16.4. The second kappa shape index (κ2) is 5.63. The lowest BCUT2D eigenvalue weighted by molar-refractivity contribution is -0.0989. The predicted molar refractivity (Wildman–Crippen MR) is 94.7 cm³/mol. The minimum absolute atomic E-state index is 0.0590. The summed E-state index contributed by atoms with van der Waals surface area (Å²) in [6.45, 7) is 2.22. The van der Waals surface area contributed by atoms with Crippen molar-refractivity contribution in [3.8, 4) is 12.3 Å². The van der Waals surface area contributed by atoms with E-state index in [9.17, 15) is 5.11 Å². The summed E-state index contributed by atoms with van der Waals surface area (Å²) < 4.78 is 0. The van der Waals surface area contributed by atoms with Crippen molar-refractivity contribution >= 4 is 5.71 Å². The predicted octanol–water partition coefficient (Wildman–Crippen LogP) is 4.14. The highest BCUT2D eigenvalue weighted by Crippen LogP contribution is 2.66. The van der Waals surface area contributed by atoms with E-state index >= 15 is 0 Å². The number of fused-ring (bicyclic) bond motifs is 5. The van der Waals surface area contributed by atoms with Crippen LogP contribution in [0.2, 0.25) is 0 Å². The lowest BCUT2D eigenvalue weighted by Gasteiger charge is -2.56. The molecule has 4 unspecified atom stereocenters. The highest BCUT2D eigenvalue weighted by Gasteiger charge is 2.63. The molecule has 0 aromatic rings. The van der Waals surface area contributed by atoms with Crippen LogP contribution in [-0.2, 0) is 0 Å². The Kier molecular flexibility index (Phi) is 3.80. The molecule has 0 aromatic carbocycles. The summed E-state index contributed by atoms with van der Waals surface area (Å²) in [7, 11) is 0. The van der Waals surface area contributed by atoms with Crippen LogP contribution in [0, 0.1) is 41.4 Å². The van der Waals surface area contributed by atoms with Gasteiger partial charge in [0.2, 0.25) is 0 Å². The van der Waals surface area contributed by atoms with Gasteiger partial charge >= 0.3 is 0 Å². The van der Waals surface area contributed by atoms with Crippen LogP contribution in [0.25, 0.3) is 0 Å². The summed E-state index contributed by atoms with van der Waals surface area (Å²) in [4.78, 5) is 0. The number of hydrogen-bond donors (Lipinski definition) is 2. The van der Waals surface area contributed by atoms with Gasteiger partial charge in [-0.2, -0.15) is 0 Å². The second-order valence-electron chi connectivity index (χ2n) is 8.52. The van der Waals surface area contributed by atoms with Crippen molar-refractivity contribution in [2.24, 2.45) is 34.2 Å². The lowest BCUT2D eigenvalue weighted by Crippen LogP contribution is -2.53. The molecule has 24 heavy (non-hydrogen) atoms. The van der Waals surface area contributed by atoms with Gasteiger partial charge in [0.05, 0.1) is 5.71 Å². The standard InChI is InChI=1S/C21H29NO2/c1-3-20-11-9-17-16-8-6-15(22-24)13-14(16)5-7-18(17)19(20)10-12-21(20,23)4-2/h2,13,16-19,23-24H,3,5-12H2,1H3/b22-15+/t16?,17?,18?,19?,20-,21-/m0/s1. The molecule has 0 amide bonds. The molecule has 4 rings (SSSR count). The summed E-state index contributed by atoms with van der Waals surface area (Å²) in [5.74, 6) is 5.47. The van der Waals surface area contributed by atoms with Crippen molar-refractivity contribution in [2.75, 3.05) is 0 Å². The van der Waals surface area contributed by atoms with Crippen LogP contribution in [0.3, 0.4) is 0 Å². The normalized spacial score (nSPS) is 48.9. The molecule has 0 aliphatic heterocycles. The smallest absolute Gasteiger partial charge is 0.131 e. The molecule has 0 bridgehead atoms. The second-order valence-corrected chi connectivity index (χ2v) is 8.52. The van der Waals surface area contributed by atoms with E-state index in [1.807, 2.05) is 0 Å². The van der Waals surface area contributed by atoms with Gasteiger partial charge in [-0.15, -0.1) is 6.42 Å². The van der Waals surface area contributed by atoms with E-state index in [1.54, 1.807) is 0 Å². The quantitative estimate of drug-likeness (QED) is 0.432. The number of hydrogen-bond acceptors (Lipinski definition) is 3. The zero-order valence-electron chi connectivity index (χ0n) is 14.7. The number of allylic oxidation sites excluding steroid dienone is 2. The molecule has 0 spiro atoms. The molecule has 2 N–H and O–H groups in total. The fourth-order valence-corrected chi connectivity index (χ4v) is 7.05. The molecule has 130 valence electrons. The van der Waals surface area contributed by atoms with Crippen molar-refractivity contribution < 1.29 is 10.3 Å². The van der Waals surface area contributed by atoms with E-state index in [0.29, 0.717) is 17.8 Å². The van der Waals surface area contributed by atoms with E-state index in [2.05, 4.69) is 24.1 Å². The Bertz CT molecular complexity index is 630. The monoisotopic (exact) mass is 327 g/mol. The lowest BCUT2D eigenvalue weighted by atomic mass is 9.49. The van der Waals surface area contributed by atoms with Gasteiger partial charge in [0.1, 0.15) is 5.60 Å². The van der Waals surface area contributed by atoms with Crippen molar-refractivity contribution in [1.29, 1.82) is 0 Å². The van der Waals surface area contributed by atoms with Crippen molar-refractivity contribution in [1.82, 2.24) is 0 Å². The summed E-state index contributed by atoms with van der Waals surface area (Å²) in [5.41, 5.74) is 1.40. The number of oxime groups is 1. The molecule has 3 heteroatoms. The minimum Gasteiger partial charge on any atom is -0.411 e. The Morgan fingerprint density at radius 1 is 1.21 bits per heavy atom. The molecule has 4 aliphatic rings. The Morgan fingerprint density at radius 3 is 2.75 bits per heavy atom. The molecule has 3 fully saturated rings. The Hall–Kier alpha value is -1.27. The first kappa shape index (κ1) is 16.2. The fourth-order valence-electron chi connectivity index (χ4n) is 7.05. The first-order valence-electron chi connectivity index (χ1n) is 9.70. The van der Waals surface area contributed by atoms with Crippen molar-refractivity contribution in [3.63, 3.8) is 0 Å². The van der Waals surface area contributed by atoms with E-state index in [1.165, 1.54) is 18.4 Å². The van der Waals surface area contributed by atoms with Crippen LogP contribution in [0.5, 0.6) is 0 Å². The van der Waals surface area contributed by atoms with E-state index in [0.717, 1.165) is 56.6 Å². The summed E-state index contributed by atoms with van der Waals surface area (Å²) in [6.07, 6.45) is 17.4. The third kappa shape index (κ3) is 1.99. The Morgan fingerprint density at radius 2 is 2.04 bits per heavy atom. The average molecular weight is 327 g/mol. The third-order valence-corrected chi connectivity index (χ3v) is 8.16. The largest absolute Gasteiger partial charge is 0.411 e. The first-order valence-corrected chi connectivity index (χ1v) is 9.70. The molecule has 4 aliphatic carbocycles. The molecule has 0 heterocycles. The first-order chi connectivity index (χ1) is 11.6. The van der Waals surface area contributed by atoms with Crippen LogP contribution >= 0.6 is 0 Å². The maximum Gasteiger partial charge on any atom is 0.131 e.